The van der Waals surface area contributed by atoms with Crippen molar-refractivity contribution in [2.45, 2.75) is 37.2 Å². The molecule has 28 heavy (non-hydrogen) atoms. The van der Waals surface area contributed by atoms with Crippen LogP contribution in [0.3, 0.4) is 0 Å². The molecular weight excluding hydrogens is 398 g/mol. The molecule has 1 heterocycles. The zero-order chi connectivity index (χ0) is 20.3. The summed E-state index contributed by atoms with van der Waals surface area (Å²) in [6, 6.07) is 12.3. The number of carbonyl (C=O) groups is 1. The largest absolute Gasteiger partial charge is 0.349 e. The third-order valence-corrected chi connectivity index (χ3v) is 6.19. The number of hydrogen-bond donors (Lipinski definition) is 2. The van der Waals surface area contributed by atoms with Crippen molar-refractivity contribution in [1.82, 2.24) is 10.2 Å². The Labute approximate surface area is 170 Å². The van der Waals surface area contributed by atoms with Crippen molar-refractivity contribution < 1.29 is 13.2 Å². The molecule has 2 aromatic carbocycles. The Morgan fingerprint density at radius 3 is 2.43 bits per heavy atom. The standard InChI is InChI=1S/C20H24ClN3O3S/c1-14-2-7-18(28(22,26)27)12-19(14)20(25)23-17-8-10-24(11-9-17)13-15-3-5-16(21)6-4-15/h2-7,12,17H,8-11,13H2,1H3,(H,23,25)(H2,22,26,27). The summed E-state index contributed by atoms with van der Waals surface area (Å²) in [4.78, 5) is 14.9. The maximum absolute atomic E-state index is 12.6. The number of sulfonamides is 1. The number of piperidine rings is 1. The number of nitrogens with one attached hydrogen (secondary N) is 1. The fraction of sp³-hybridized carbons (Fsp3) is 0.350. The maximum Gasteiger partial charge on any atom is 0.251 e. The molecule has 0 saturated carbocycles. The molecule has 8 heteroatoms. The lowest BCUT2D eigenvalue weighted by Crippen LogP contribution is -2.44. The Kier molecular flexibility index (Phi) is 6.40. The minimum atomic E-state index is -3.84. The summed E-state index contributed by atoms with van der Waals surface area (Å²) in [5, 5.41) is 8.93. The first kappa shape index (κ1) is 20.8. The van der Waals surface area contributed by atoms with E-state index < -0.39 is 10.0 Å². The van der Waals surface area contributed by atoms with Gasteiger partial charge in [-0.3, -0.25) is 9.69 Å². The van der Waals surface area contributed by atoms with E-state index in [0.717, 1.165) is 37.5 Å². The van der Waals surface area contributed by atoms with Crippen LogP contribution in [0, 0.1) is 6.92 Å². The highest BCUT2D eigenvalue weighted by Gasteiger charge is 2.22. The number of amides is 1. The van der Waals surface area contributed by atoms with Crippen LogP contribution in [0.4, 0.5) is 0 Å². The number of halogens is 1. The average Bonchev–Trinajstić information content (AvgIpc) is 2.64. The summed E-state index contributed by atoms with van der Waals surface area (Å²) in [5.41, 5.74) is 2.27. The minimum Gasteiger partial charge on any atom is -0.349 e. The molecule has 0 aliphatic carbocycles. The number of primary sulfonamides is 1. The van der Waals surface area contributed by atoms with Crippen molar-refractivity contribution in [3.05, 3.63) is 64.2 Å². The Balaban J connectivity index is 1.57. The smallest absolute Gasteiger partial charge is 0.251 e. The Morgan fingerprint density at radius 1 is 1.18 bits per heavy atom. The molecule has 3 rings (SSSR count). The third-order valence-electron chi connectivity index (χ3n) is 5.02. The third kappa shape index (κ3) is 5.32. The Bertz CT molecular complexity index is 953. The number of hydrogen-bond acceptors (Lipinski definition) is 4. The molecule has 1 aliphatic rings. The summed E-state index contributed by atoms with van der Waals surface area (Å²) in [7, 11) is -3.84. The molecule has 150 valence electrons. The molecule has 0 aromatic heterocycles. The predicted molar refractivity (Wildman–Crippen MR) is 110 cm³/mol. The molecule has 0 radical (unpaired) electrons. The van der Waals surface area contributed by atoms with E-state index in [-0.39, 0.29) is 16.8 Å². The summed E-state index contributed by atoms with van der Waals surface area (Å²) in [6.07, 6.45) is 1.68. The molecule has 1 saturated heterocycles. The second-order valence-electron chi connectivity index (χ2n) is 7.17. The number of rotatable bonds is 5. The number of aryl methyl sites for hydroxylation is 1. The van der Waals surface area contributed by atoms with Gasteiger partial charge in [0, 0.05) is 36.3 Å². The van der Waals surface area contributed by atoms with Gasteiger partial charge in [0.15, 0.2) is 0 Å². The lowest BCUT2D eigenvalue weighted by Gasteiger charge is -2.32. The highest BCUT2D eigenvalue weighted by atomic mass is 35.5. The van der Waals surface area contributed by atoms with Crippen LogP contribution in [-0.4, -0.2) is 38.4 Å². The zero-order valence-corrected chi connectivity index (χ0v) is 17.3. The number of benzene rings is 2. The van der Waals surface area contributed by atoms with Crippen LogP contribution in [0.2, 0.25) is 5.02 Å². The summed E-state index contributed by atoms with van der Waals surface area (Å²) >= 11 is 5.92. The highest BCUT2D eigenvalue weighted by Crippen LogP contribution is 2.18. The van der Waals surface area contributed by atoms with Gasteiger partial charge in [0.25, 0.3) is 5.91 Å². The van der Waals surface area contributed by atoms with Crippen molar-refractivity contribution in [2.24, 2.45) is 5.14 Å². The molecule has 0 bridgehead atoms. The maximum atomic E-state index is 12.6. The van der Waals surface area contributed by atoms with Crippen LogP contribution >= 0.6 is 11.6 Å². The number of likely N-dealkylation sites (tertiary alicyclic amines) is 1. The van der Waals surface area contributed by atoms with E-state index in [9.17, 15) is 13.2 Å². The van der Waals surface area contributed by atoms with Gasteiger partial charge in [-0.1, -0.05) is 29.8 Å². The van der Waals surface area contributed by atoms with Gasteiger partial charge in [-0.2, -0.15) is 0 Å². The zero-order valence-electron chi connectivity index (χ0n) is 15.7. The summed E-state index contributed by atoms with van der Waals surface area (Å²) in [5.74, 6) is -0.265. The van der Waals surface area contributed by atoms with Gasteiger partial charge in [0.05, 0.1) is 4.90 Å². The molecule has 6 nitrogen and oxygen atoms in total. The first-order valence-corrected chi connectivity index (χ1v) is 11.1. The van der Waals surface area contributed by atoms with Crippen LogP contribution in [0.15, 0.2) is 47.4 Å². The predicted octanol–water partition coefficient (Wildman–Crippen LogP) is 2.69. The van der Waals surface area contributed by atoms with Crippen molar-refractivity contribution in [1.29, 1.82) is 0 Å². The van der Waals surface area contributed by atoms with Gasteiger partial charge in [-0.15, -0.1) is 0 Å². The van der Waals surface area contributed by atoms with Gasteiger partial charge in [0.1, 0.15) is 0 Å². The first-order valence-electron chi connectivity index (χ1n) is 9.13. The molecule has 1 fully saturated rings. The molecule has 3 N–H and O–H groups in total. The highest BCUT2D eigenvalue weighted by molar-refractivity contribution is 7.89. The monoisotopic (exact) mass is 421 g/mol. The quantitative estimate of drug-likeness (QED) is 0.776. The fourth-order valence-electron chi connectivity index (χ4n) is 3.37. The van der Waals surface area contributed by atoms with Crippen LogP contribution in [0.5, 0.6) is 0 Å². The minimum absolute atomic E-state index is 0.0546. The van der Waals surface area contributed by atoms with Gasteiger partial charge >= 0.3 is 0 Å². The normalized spacial score (nSPS) is 16.1. The number of carbonyl (C=O) groups excluding carboxylic acids is 1. The lowest BCUT2D eigenvalue weighted by molar-refractivity contribution is 0.0908. The molecule has 0 spiro atoms. The van der Waals surface area contributed by atoms with Crippen molar-refractivity contribution in [2.75, 3.05) is 13.1 Å². The van der Waals surface area contributed by atoms with Crippen LogP contribution in [-0.2, 0) is 16.6 Å². The second kappa shape index (κ2) is 8.61. The lowest BCUT2D eigenvalue weighted by atomic mass is 10.0. The number of nitrogens with two attached hydrogens (primary N) is 1. The van der Waals surface area contributed by atoms with E-state index in [0.29, 0.717) is 11.1 Å². The van der Waals surface area contributed by atoms with E-state index in [2.05, 4.69) is 10.2 Å². The van der Waals surface area contributed by atoms with Crippen molar-refractivity contribution in [3.63, 3.8) is 0 Å². The average molecular weight is 422 g/mol. The Morgan fingerprint density at radius 2 is 1.82 bits per heavy atom. The van der Waals surface area contributed by atoms with Crippen LogP contribution < -0.4 is 10.5 Å². The van der Waals surface area contributed by atoms with Crippen molar-refractivity contribution >= 4 is 27.5 Å². The van der Waals surface area contributed by atoms with Gasteiger partial charge < -0.3 is 5.32 Å². The summed E-state index contributed by atoms with van der Waals surface area (Å²) in [6.45, 7) is 4.39. The van der Waals surface area contributed by atoms with Gasteiger partial charge in [-0.05, 0) is 55.2 Å². The Hall–Kier alpha value is -1.93. The van der Waals surface area contributed by atoms with Crippen LogP contribution in [0.1, 0.15) is 34.3 Å². The van der Waals surface area contributed by atoms with E-state index in [1.807, 2.05) is 24.3 Å². The SMILES string of the molecule is Cc1ccc(S(N)(=O)=O)cc1C(=O)NC1CCN(Cc2ccc(Cl)cc2)CC1. The second-order valence-corrected chi connectivity index (χ2v) is 9.17. The van der Waals surface area contributed by atoms with E-state index in [4.69, 9.17) is 16.7 Å². The van der Waals surface area contributed by atoms with Gasteiger partial charge in [0.2, 0.25) is 10.0 Å². The van der Waals surface area contributed by atoms with E-state index in [1.165, 1.54) is 17.7 Å². The molecule has 1 amide bonds. The topological polar surface area (TPSA) is 92.5 Å². The summed E-state index contributed by atoms with van der Waals surface area (Å²) < 4.78 is 23.1. The molecule has 0 unspecified atom stereocenters. The molecule has 0 atom stereocenters. The first-order chi connectivity index (χ1) is 13.2. The van der Waals surface area contributed by atoms with Gasteiger partial charge in [-0.25, -0.2) is 13.6 Å². The fourth-order valence-corrected chi connectivity index (χ4v) is 4.04. The van der Waals surface area contributed by atoms with Crippen LogP contribution in [0.25, 0.3) is 0 Å². The van der Waals surface area contributed by atoms with E-state index >= 15 is 0 Å². The molecule has 1 aliphatic heterocycles. The number of nitrogens with zero attached hydrogens (tertiary/aromatic N) is 1. The van der Waals surface area contributed by atoms with E-state index in [1.54, 1.807) is 13.0 Å². The van der Waals surface area contributed by atoms with Crippen molar-refractivity contribution in [3.8, 4) is 0 Å². The molecule has 2 aromatic rings. The molecular formula is C20H24ClN3O3S.